The molecular formula is C22H26N2O. The molecule has 130 valence electrons. The van der Waals surface area contributed by atoms with Gasteiger partial charge < -0.3 is 14.6 Å². The van der Waals surface area contributed by atoms with Gasteiger partial charge in [-0.15, -0.1) is 0 Å². The van der Waals surface area contributed by atoms with E-state index in [0.717, 1.165) is 25.1 Å². The van der Waals surface area contributed by atoms with Crippen molar-refractivity contribution in [2.75, 3.05) is 13.6 Å². The zero-order valence-corrected chi connectivity index (χ0v) is 15.1. The van der Waals surface area contributed by atoms with Gasteiger partial charge in [0.1, 0.15) is 0 Å². The molecule has 2 heterocycles. The Labute approximate surface area is 149 Å². The van der Waals surface area contributed by atoms with Crippen molar-refractivity contribution in [3.63, 3.8) is 0 Å². The largest absolute Gasteiger partial charge is 0.387 e. The summed E-state index contributed by atoms with van der Waals surface area (Å²) in [5.41, 5.74) is 6.37. The molecule has 0 bridgehead atoms. The van der Waals surface area contributed by atoms with Crippen molar-refractivity contribution in [2.24, 2.45) is 0 Å². The maximum Gasteiger partial charge on any atom is 0.0969 e. The molecule has 0 aliphatic carbocycles. The first-order valence-corrected chi connectivity index (χ1v) is 9.15. The summed E-state index contributed by atoms with van der Waals surface area (Å²) in [6, 6.07) is 16.7. The lowest BCUT2D eigenvalue weighted by molar-refractivity contribution is 0.157. The SMILES string of the molecule is Cc1ccc2c(c1)c1c(n2CC(O)c2ccccc2)CCCN(C)C1. The van der Waals surface area contributed by atoms with E-state index in [1.165, 1.54) is 34.1 Å². The lowest BCUT2D eigenvalue weighted by atomic mass is 10.1. The molecule has 0 saturated carbocycles. The minimum absolute atomic E-state index is 0.483. The summed E-state index contributed by atoms with van der Waals surface area (Å²) in [5.74, 6) is 0. The molecule has 4 rings (SSSR count). The third-order valence-corrected chi connectivity index (χ3v) is 5.36. The Morgan fingerprint density at radius 2 is 1.92 bits per heavy atom. The van der Waals surface area contributed by atoms with Gasteiger partial charge in [-0.25, -0.2) is 0 Å². The molecule has 1 aromatic heterocycles. The van der Waals surface area contributed by atoms with Gasteiger partial charge in [0, 0.05) is 23.1 Å². The molecule has 1 atom stereocenters. The van der Waals surface area contributed by atoms with E-state index in [2.05, 4.69) is 41.6 Å². The molecule has 25 heavy (non-hydrogen) atoms. The van der Waals surface area contributed by atoms with Crippen LogP contribution in [-0.4, -0.2) is 28.2 Å². The van der Waals surface area contributed by atoms with E-state index < -0.39 is 6.10 Å². The Bertz CT molecular complexity index is 882. The maximum absolute atomic E-state index is 10.8. The van der Waals surface area contributed by atoms with Crippen molar-refractivity contribution in [1.29, 1.82) is 0 Å². The number of aliphatic hydroxyl groups excluding tert-OH is 1. The molecule has 3 heteroatoms. The Kier molecular flexibility index (Phi) is 4.36. The number of aromatic nitrogens is 1. The van der Waals surface area contributed by atoms with Crippen molar-refractivity contribution in [3.8, 4) is 0 Å². The van der Waals surface area contributed by atoms with E-state index in [4.69, 9.17) is 0 Å². The van der Waals surface area contributed by atoms with Crippen molar-refractivity contribution >= 4 is 10.9 Å². The Morgan fingerprint density at radius 3 is 2.72 bits per heavy atom. The predicted octanol–water partition coefficient (Wildman–Crippen LogP) is 4.06. The number of rotatable bonds is 3. The first-order chi connectivity index (χ1) is 12.1. The number of hydrogen-bond acceptors (Lipinski definition) is 2. The molecule has 2 aromatic carbocycles. The Hall–Kier alpha value is -2.10. The second-order valence-electron chi connectivity index (χ2n) is 7.32. The van der Waals surface area contributed by atoms with Crippen molar-refractivity contribution < 1.29 is 5.11 Å². The summed E-state index contributed by atoms with van der Waals surface area (Å²) < 4.78 is 2.36. The van der Waals surface area contributed by atoms with Crippen LogP contribution >= 0.6 is 0 Å². The van der Waals surface area contributed by atoms with E-state index in [0.29, 0.717) is 6.54 Å². The second-order valence-corrected chi connectivity index (χ2v) is 7.32. The fourth-order valence-corrected chi connectivity index (χ4v) is 4.08. The summed E-state index contributed by atoms with van der Waals surface area (Å²) in [7, 11) is 2.20. The first-order valence-electron chi connectivity index (χ1n) is 9.15. The molecule has 1 aliphatic rings. The van der Waals surface area contributed by atoms with Crippen LogP contribution in [0.3, 0.4) is 0 Å². The van der Waals surface area contributed by atoms with Crippen LogP contribution in [0.15, 0.2) is 48.5 Å². The Balaban J connectivity index is 1.81. The van der Waals surface area contributed by atoms with Gasteiger partial charge in [0.25, 0.3) is 0 Å². The quantitative estimate of drug-likeness (QED) is 0.782. The predicted molar refractivity (Wildman–Crippen MR) is 103 cm³/mol. The maximum atomic E-state index is 10.8. The molecule has 1 N–H and O–H groups in total. The summed E-state index contributed by atoms with van der Waals surface area (Å²) in [6.07, 6.45) is 1.76. The molecule has 0 spiro atoms. The van der Waals surface area contributed by atoms with Crippen LogP contribution in [0, 0.1) is 6.92 Å². The standard InChI is InChI=1S/C22H26N2O/c1-16-10-11-21-18(13-16)19-14-23(2)12-6-9-20(19)24(21)15-22(25)17-7-4-3-5-8-17/h3-5,7-8,10-11,13,22,25H,6,9,12,14-15H2,1-2H3. The summed E-state index contributed by atoms with van der Waals surface area (Å²) >= 11 is 0. The minimum Gasteiger partial charge on any atom is -0.387 e. The van der Waals surface area contributed by atoms with Crippen LogP contribution < -0.4 is 0 Å². The van der Waals surface area contributed by atoms with E-state index in [-0.39, 0.29) is 0 Å². The minimum atomic E-state index is -0.483. The zero-order valence-electron chi connectivity index (χ0n) is 15.1. The van der Waals surface area contributed by atoms with Crippen LogP contribution in [0.25, 0.3) is 10.9 Å². The summed E-state index contributed by atoms with van der Waals surface area (Å²) in [4.78, 5) is 2.41. The van der Waals surface area contributed by atoms with Gasteiger partial charge in [-0.05, 0) is 56.6 Å². The molecule has 0 fully saturated rings. The lowest BCUT2D eigenvalue weighted by Gasteiger charge is -2.16. The average Bonchev–Trinajstić information content (AvgIpc) is 2.77. The van der Waals surface area contributed by atoms with E-state index >= 15 is 0 Å². The highest BCUT2D eigenvalue weighted by Crippen LogP contribution is 2.32. The van der Waals surface area contributed by atoms with Gasteiger partial charge >= 0.3 is 0 Å². The number of benzene rings is 2. The monoisotopic (exact) mass is 334 g/mol. The van der Waals surface area contributed by atoms with Crippen LogP contribution in [0.5, 0.6) is 0 Å². The molecule has 0 radical (unpaired) electrons. The summed E-state index contributed by atoms with van der Waals surface area (Å²) in [6.45, 7) is 4.89. The number of fused-ring (bicyclic) bond motifs is 3. The molecule has 0 amide bonds. The smallest absolute Gasteiger partial charge is 0.0969 e. The molecule has 3 aromatic rings. The lowest BCUT2D eigenvalue weighted by Crippen LogP contribution is -2.17. The van der Waals surface area contributed by atoms with Crippen molar-refractivity contribution in [1.82, 2.24) is 9.47 Å². The van der Waals surface area contributed by atoms with Crippen molar-refractivity contribution in [2.45, 2.75) is 39.0 Å². The van der Waals surface area contributed by atoms with Gasteiger partial charge in [-0.2, -0.15) is 0 Å². The van der Waals surface area contributed by atoms with Gasteiger partial charge in [-0.1, -0.05) is 42.0 Å². The zero-order chi connectivity index (χ0) is 17.4. The first kappa shape index (κ1) is 16.4. The molecule has 1 aliphatic heterocycles. The van der Waals surface area contributed by atoms with E-state index in [1.54, 1.807) is 0 Å². The topological polar surface area (TPSA) is 28.4 Å². The van der Waals surface area contributed by atoms with Gasteiger partial charge in [0.15, 0.2) is 0 Å². The van der Waals surface area contributed by atoms with Crippen LogP contribution in [0.1, 0.15) is 34.9 Å². The fraction of sp³-hybridized carbons (Fsp3) is 0.364. The average molecular weight is 334 g/mol. The van der Waals surface area contributed by atoms with Crippen LogP contribution in [-0.2, 0) is 19.5 Å². The highest BCUT2D eigenvalue weighted by Gasteiger charge is 2.22. The summed E-state index contributed by atoms with van der Waals surface area (Å²) in [5, 5.41) is 12.1. The number of aliphatic hydroxyl groups is 1. The fourth-order valence-electron chi connectivity index (χ4n) is 4.08. The van der Waals surface area contributed by atoms with Gasteiger partial charge in [0.2, 0.25) is 0 Å². The normalized spacial score (nSPS) is 16.6. The van der Waals surface area contributed by atoms with Crippen LogP contribution in [0.2, 0.25) is 0 Å². The molecular weight excluding hydrogens is 308 g/mol. The van der Waals surface area contributed by atoms with E-state index in [9.17, 15) is 5.11 Å². The molecule has 1 unspecified atom stereocenters. The van der Waals surface area contributed by atoms with Crippen molar-refractivity contribution in [3.05, 3.63) is 70.9 Å². The Morgan fingerprint density at radius 1 is 1.12 bits per heavy atom. The third-order valence-electron chi connectivity index (χ3n) is 5.36. The number of hydrogen-bond donors (Lipinski definition) is 1. The highest BCUT2D eigenvalue weighted by molar-refractivity contribution is 5.86. The van der Waals surface area contributed by atoms with E-state index in [1.807, 2.05) is 30.3 Å². The number of aryl methyl sites for hydroxylation is 1. The van der Waals surface area contributed by atoms with Gasteiger partial charge in [-0.3, -0.25) is 0 Å². The molecule has 3 nitrogen and oxygen atoms in total. The third kappa shape index (κ3) is 3.10. The van der Waals surface area contributed by atoms with Gasteiger partial charge in [0.05, 0.1) is 12.6 Å². The van der Waals surface area contributed by atoms with Crippen LogP contribution in [0.4, 0.5) is 0 Å². The highest BCUT2D eigenvalue weighted by atomic mass is 16.3. The number of nitrogens with zero attached hydrogens (tertiary/aromatic N) is 2. The second kappa shape index (κ2) is 6.66. The molecule has 0 saturated heterocycles.